The second-order valence-corrected chi connectivity index (χ2v) is 9.17. The Hall–Kier alpha value is -0.710. The Morgan fingerprint density at radius 1 is 0.857 bits per heavy atom. The van der Waals surface area contributed by atoms with Crippen LogP contribution in [0.25, 0.3) is 0 Å². The SMILES string of the molecule is CCCCCCCCCCC1CCC(c2ccc(SC(F)F)c(F)c2F)CC1. The van der Waals surface area contributed by atoms with Crippen LogP contribution in [0.3, 0.4) is 0 Å². The standard InChI is InChI=1S/C23H34F4S/c1-2-3-4-5-6-7-8-9-10-17-11-13-18(14-12-17)19-15-16-20(28-23(26)27)22(25)21(19)24/h15-18,23H,2-14H2,1H3. The molecule has 2 rings (SSSR count). The smallest absolute Gasteiger partial charge is 0.203 e. The molecule has 0 heterocycles. The maximum Gasteiger partial charge on any atom is 0.289 e. The Kier molecular flexibility index (Phi) is 10.7. The first-order valence-electron chi connectivity index (χ1n) is 11.0. The van der Waals surface area contributed by atoms with E-state index in [9.17, 15) is 17.6 Å². The van der Waals surface area contributed by atoms with Crippen molar-refractivity contribution < 1.29 is 17.6 Å². The molecule has 160 valence electrons. The minimum Gasteiger partial charge on any atom is -0.203 e. The summed E-state index contributed by atoms with van der Waals surface area (Å²) in [6.07, 6.45) is 15.7. The van der Waals surface area contributed by atoms with E-state index < -0.39 is 17.4 Å². The molecule has 1 aliphatic rings. The molecule has 5 heteroatoms. The Bertz CT molecular complexity index is 568. The van der Waals surface area contributed by atoms with Crippen LogP contribution >= 0.6 is 11.8 Å². The van der Waals surface area contributed by atoms with Gasteiger partial charge >= 0.3 is 0 Å². The topological polar surface area (TPSA) is 0 Å². The van der Waals surface area contributed by atoms with Crippen LogP contribution in [0, 0.1) is 17.6 Å². The van der Waals surface area contributed by atoms with Gasteiger partial charge in [-0.25, -0.2) is 8.78 Å². The molecule has 28 heavy (non-hydrogen) atoms. The number of hydrogen-bond acceptors (Lipinski definition) is 1. The zero-order chi connectivity index (χ0) is 20.4. The van der Waals surface area contributed by atoms with Gasteiger partial charge < -0.3 is 0 Å². The Morgan fingerprint density at radius 3 is 2.07 bits per heavy atom. The highest BCUT2D eigenvalue weighted by Crippen LogP contribution is 2.40. The van der Waals surface area contributed by atoms with Crippen LogP contribution in [-0.2, 0) is 0 Å². The summed E-state index contributed by atoms with van der Waals surface area (Å²) < 4.78 is 53.3. The number of benzene rings is 1. The van der Waals surface area contributed by atoms with Gasteiger partial charge in [-0.05, 0) is 49.1 Å². The maximum atomic E-state index is 14.4. The van der Waals surface area contributed by atoms with Crippen molar-refractivity contribution in [3.05, 3.63) is 29.3 Å². The molecule has 1 aromatic rings. The number of thioether (sulfide) groups is 1. The second-order valence-electron chi connectivity index (χ2n) is 8.14. The normalized spacial score (nSPS) is 20.1. The predicted octanol–water partition coefficient (Wildman–Crippen LogP) is 9.08. The summed E-state index contributed by atoms with van der Waals surface area (Å²) in [5.41, 5.74) is 0.363. The lowest BCUT2D eigenvalue weighted by atomic mass is 9.77. The Morgan fingerprint density at radius 2 is 1.46 bits per heavy atom. The molecule has 0 atom stereocenters. The Balaban J connectivity index is 1.70. The van der Waals surface area contributed by atoms with Crippen LogP contribution in [0.15, 0.2) is 17.0 Å². The lowest BCUT2D eigenvalue weighted by molar-refractivity contribution is 0.251. The van der Waals surface area contributed by atoms with Gasteiger partial charge in [0.1, 0.15) is 0 Å². The Labute approximate surface area is 171 Å². The van der Waals surface area contributed by atoms with Gasteiger partial charge in [0.15, 0.2) is 11.6 Å². The van der Waals surface area contributed by atoms with Gasteiger partial charge in [0, 0.05) is 0 Å². The van der Waals surface area contributed by atoms with Gasteiger partial charge in [0.05, 0.1) is 4.90 Å². The van der Waals surface area contributed by atoms with Crippen LogP contribution in [0.1, 0.15) is 102 Å². The van der Waals surface area contributed by atoms with Crippen molar-refractivity contribution in [1.82, 2.24) is 0 Å². The largest absolute Gasteiger partial charge is 0.289 e. The van der Waals surface area contributed by atoms with E-state index in [4.69, 9.17) is 0 Å². The van der Waals surface area contributed by atoms with Crippen LogP contribution < -0.4 is 0 Å². The number of rotatable bonds is 12. The number of alkyl halides is 2. The summed E-state index contributed by atoms with van der Waals surface area (Å²) in [6.45, 7) is 2.24. The molecular formula is C23H34F4S. The van der Waals surface area contributed by atoms with E-state index in [0.717, 1.165) is 25.7 Å². The van der Waals surface area contributed by atoms with E-state index >= 15 is 0 Å². The summed E-state index contributed by atoms with van der Waals surface area (Å²) in [4.78, 5) is -0.306. The maximum absolute atomic E-state index is 14.4. The van der Waals surface area contributed by atoms with E-state index in [-0.39, 0.29) is 22.6 Å². The molecule has 0 radical (unpaired) electrons. The third-order valence-corrected chi connectivity index (χ3v) is 6.79. The molecule has 0 spiro atoms. The third-order valence-electron chi connectivity index (χ3n) is 6.05. The average molecular weight is 419 g/mol. The number of halogens is 4. The van der Waals surface area contributed by atoms with Crippen LogP contribution in [0.5, 0.6) is 0 Å². The predicted molar refractivity (Wildman–Crippen MR) is 110 cm³/mol. The molecule has 0 aliphatic heterocycles. The van der Waals surface area contributed by atoms with Crippen molar-refractivity contribution in [2.24, 2.45) is 5.92 Å². The minimum absolute atomic E-state index is 0.00918. The zero-order valence-electron chi connectivity index (χ0n) is 17.0. The number of hydrogen-bond donors (Lipinski definition) is 0. The van der Waals surface area contributed by atoms with Crippen molar-refractivity contribution in [2.45, 2.75) is 107 Å². The monoisotopic (exact) mass is 418 g/mol. The van der Waals surface area contributed by atoms with Gasteiger partial charge in [0.2, 0.25) is 0 Å². The average Bonchev–Trinajstić information content (AvgIpc) is 2.68. The van der Waals surface area contributed by atoms with Crippen LogP contribution in [0.4, 0.5) is 17.6 Å². The summed E-state index contributed by atoms with van der Waals surface area (Å²) in [5.74, 6) is -4.10. The molecule has 0 bridgehead atoms. The highest BCUT2D eigenvalue weighted by molar-refractivity contribution is 7.99. The van der Waals surface area contributed by atoms with Gasteiger partial charge in [-0.2, -0.15) is 8.78 Å². The summed E-state index contributed by atoms with van der Waals surface area (Å²) in [6, 6.07) is 2.81. The van der Waals surface area contributed by atoms with Crippen LogP contribution in [0.2, 0.25) is 0 Å². The fourth-order valence-electron chi connectivity index (χ4n) is 4.38. The van der Waals surface area contributed by atoms with Crippen molar-refractivity contribution >= 4 is 11.8 Å². The highest BCUT2D eigenvalue weighted by atomic mass is 32.2. The van der Waals surface area contributed by atoms with E-state index in [0.29, 0.717) is 11.5 Å². The first-order chi connectivity index (χ1) is 13.5. The number of unbranched alkanes of at least 4 members (excludes halogenated alkanes) is 7. The zero-order valence-corrected chi connectivity index (χ0v) is 17.8. The van der Waals surface area contributed by atoms with Crippen molar-refractivity contribution in [2.75, 3.05) is 0 Å². The molecule has 1 saturated carbocycles. The summed E-state index contributed by atoms with van der Waals surface area (Å²) in [5, 5.41) is 0. The fraction of sp³-hybridized carbons (Fsp3) is 0.739. The first-order valence-corrected chi connectivity index (χ1v) is 11.8. The van der Waals surface area contributed by atoms with Gasteiger partial charge in [0.25, 0.3) is 5.76 Å². The summed E-state index contributed by atoms with van der Waals surface area (Å²) >= 11 is 0.0649. The molecule has 0 unspecified atom stereocenters. The van der Waals surface area contributed by atoms with E-state index in [1.807, 2.05) is 0 Å². The quantitative estimate of drug-likeness (QED) is 0.185. The third kappa shape index (κ3) is 7.61. The molecule has 1 fully saturated rings. The minimum atomic E-state index is -2.74. The van der Waals surface area contributed by atoms with Gasteiger partial charge in [-0.15, -0.1) is 0 Å². The fourth-order valence-corrected chi connectivity index (χ4v) is 4.91. The van der Waals surface area contributed by atoms with E-state index in [1.54, 1.807) is 0 Å². The molecule has 0 amide bonds. The van der Waals surface area contributed by atoms with Crippen molar-refractivity contribution in [1.29, 1.82) is 0 Å². The van der Waals surface area contributed by atoms with Gasteiger partial charge in [-0.1, -0.05) is 82.5 Å². The second kappa shape index (κ2) is 12.8. The first kappa shape index (κ1) is 23.6. The summed E-state index contributed by atoms with van der Waals surface area (Å²) in [7, 11) is 0. The van der Waals surface area contributed by atoms with Crippen molar-refractivity contribution in [3.8, 4) is 0 Å². The molecule has 0 aromatic heterocycles. The molecule has 0 N–H and O–H groups in total. The van der Waals surface area contributed by atoms with E-state index in [2.05, 4.69) is 6.92 Å². The van der Waals surface area contributed by atoms with E-state index in [1.165, 1.54) is 69.9 Å². The molecule has 0 saturated heterocycles. The highest BCUT2D eigenvalue weighted by Gasteiger charge is 2.26. The molecular weight excluding hydrogens is 384 g/mol. The lowest BCUT2D eigenvalue weighted by Crippen LogP contribution is -2.15. The lowest BCUT2D eigenvalue weighted by Gasteiger charge is -2.29. The molecule has 1 aromatic carbocycles. The van der Waals surface area contributed by atoms with Crippen molar-refractivity contribution in [3.63, 3.8) is 0 Å². The van der Waals surface area contributed by atoms with Crippen LogP contribution in [-0.4, -0.2) is 5.76 Å². The molecule has 0 nitrogen and oxygen atoms in total. The van der Waals surface area contributed by atoms with Gasteiger partial charge in [-0.3, -0.25) is 0 Å². The molecule has 1 aliphatic carbocycles.